The third-order valence-electron chi connectivity index (χ3n) is 3.39. The fourth-order valence-electron chi connectivity index (χ4n) is 2.36. The molecule has 1 N–H and O–H groups in total. The normalized spacial score (nSPS) is 24.5. The zero-order valence-corrected chi connectivity index (χ0v) is 9.98. The van der Waals surface area contributed by atoms with Crippen molar-refractivity contribution in [2.75, 3.05) is 6.61 Å². The van der Waals surface area contributed by atoms with E-state index in [4.69, 9.17) is 9.15 Å². The summed E-state index contributed by atoms with van der Waals surface area (Å²) < 4.78 is 11.3. The minimum absolute atomic E-state index is 0.305. The Bertz CT molecular complexity index is 473. The molecule has 90 valence electrons. The number of furan rings is 1. The van der Waals surface area contributed by atoms with Crippen LogP contribution in [0.25, 0.3) is 11.0 Å². The van der Waals surface area contributed by atoms with Gasteiger partial charge in [-0.15, -0.1) is 0 Å². The van der Waals surface area contributed by atoms with E-state index in [2.05, 4.69) is 24.4 Å². The topological polar surface area (TPSA) is 34.4 Å². The van der Waals surface area contributed by atoms with Gasteiger partial charge in [-0.3, -0.25) is 0 Å². The van der Waals surface area contributed by atoms with Gasteiger partial charge in [-0.2, -0.15) is 0 Å². The summed E-state index contributed by atoms with van der Waals surface area (Å²) in [5.41, 5.74) is 0.958. The van der Waals surface area contributed by atoms with Crippen LogP contribution in [0.15, 0.2) is 34.7 Å². The molecule has 3 rings (SSSR count). The number of para-hydroxylation sites is 1. The molecule has 2 unspecified atom stereocenters. The summed E-state index contributed by atoms with van der Waals surface area (Å²) in [4.78, 5) is 0. The highest BCUT2D eigenvalue weighted by Crippen LogP contribution is 2.19. The summed E-state index contributed by atoms with van der Waals surface area (Å²) in [5, 5.41) is 4.66. The summed E-state index contributed by atoms with van der Waals surface area (Å²) in [5.74, 6) is 0.991. The third-order valence-corrected chi connectivity index (χ3v) is 3.39. The van der Waals surface area contributed by atoms with Crippen LogP contribution in [-0.4, -0.2) is 18.8 Å². The van der Waals surface area contributed by atoms with Crippen molar-refractivity contribution in [1.82, 2.24) is 5.32 Å². The van der Waals surface area contributed by atoms with Crippen molar-refractivity contribution >= 4 is 11.0 Å². The second kappa shape index (κ2) is 4.51. The van der Waals surface area contributed by atoms with Crippen LogP contribution in [0.3, 0.4) is 0 Å². The number of benzene rings is 1. The molecule has 17 heavy (non-hydrogen) atoms. The number of hydrogen-bond donors (Lipinski definition) is 1. The molecule has 1 aromatic heterocycles. The van der Waals surface area contributed by atoms with E-state index in [1.807, 2.05) is 18.2 Å². The quantitative estimate of drug-likeness (QED) is 0.882. The first-order valence-electron chi connectivity index (χ1n) is 6.15. The molecule has 0 aliphatic carbocycles. The van der Waals surface area contributed by atoms with Gasteiger partial charge in [0, 0.05) is 18.0 Å². The van der Waals surface area contributed by atoms with Gasteiger partial charge in [0.15, 0.2) is 0 Å². The van der Waals surface area contributed by atoms with Crippen LogP contribution in [-0.2, 0) is 11.3 Å². The van der Waals surface area contributed by atoms with Crippen LogP contribution < -0.4 is 5.32 Å². The SMILES string of the molecule is CC1OCCC1NCc1cc2ccccc2o1. The molecule has 3 heteroatoms. The Balaban J connectivity index is 1.68. The average molecular weight is 231 g/mol. The van der Waals surface area contributed by atoms with E-state index in [-0.39, 0.29) is 0 Å². The minimum Gasteiger partial charge on any atom is -0.460 e. The first kappa shape index (κ1) is 10.8. The van der Waals surface area contributed by atoms with Crippen LogP contribution in [0.4, 0.5) is 0 Å². The summed E-state index contributed by atoms with van der Waals surface area (Å²) in [7, 11) is 0. The molecule has 1 aliphatic heterocycles. The van der Waals surface area contributed by atoms with Gasteiger partial charge >= 0.3 is 0 Å². The van der Waals surface area contributed by atoms with Crippen molar-refractivity contribution in [2.24, 2.45) is 0 Å². The molecule has 1 aromatic carbocycles. The highest BCUT2D eigenvalue weighted by Gasteiger charge is 2.23. The molecule has 2 aromatic rings. The van der Waals surface area contributed by atoms with Gasteiger partial charge in [0.2, 0.25) is 0 Å². The zero-order valence-electron chi connectivity index (χ0n) is 9.98. The summed E-state index contributed by atoms with van der Waals surface area (Å²) in [6, 6.07) is 10.6. The van der Waals surface area contributed by atoms with Crippen LogP contribution in [0, 0.1) is 0 Å². The van der Waals surface area contributed by atoms with Gasteiger partial charge in [0.05, 0.1) is 12.6 Å². The fourth-order valence-corrected chi connectivity index (χ4v) is 2.36. The highest BCUT2D eigenvalue weighted by atomic mass is 16.5. The van der Waals surface area contributed by atoms with E-state index in [1.54, 1.807) is 0 Å². The van der Waals surface area contributed by atoms with E-state index in [0.29, 0.717) is 12.1 Å². The number of ether oxygens (including phenoxy) is 1. The molecular weight excluding hydrogens is 214 g/mol. The van der Waals surface area contributed by atoms with Gasteiger partial charge in [-0.05, 0) is 25.5 Å². The van der Waals surface area contributed by atoms with Gasteiger partial charge < -0.3 is 14.5 Å². The number of fused-ring (bicyclic) bond motifs is 1. The Kier molecular flexibility index (Phi) is 2.87. The van der Waals surface area contributed by atoms with Crippen molar-refractivity contribution in [1.29, 1.82) is 0 Å². The molecule has 0 amide bonds. The minimum atomic E-state index is 0.305. The Morgan fingerprint density at radius 2 is 2.24 bits per heavy atom. The molecule has 1 aliphatic rings. The lowest BCUT2D eigenvalue weighted by atomic mass is 10.1. The maximum atomic E-state index is 5.76. The van der Waals surface area contributed by atoms with Crippen LogP contribution in [0.2, 0.25) is 0 Å². The monoisotopic (exact) mass is 231 g/mol. The fraction of sp³-hybridized carbons (Fsp3) is 0.429. The Hall–Kier alpha value is -1.32. The Labute approximate surface area is 101 Å². The lowest BCUT2D eigenvalue weighted by molar-refractivity contribution is 0.112. The highest BCUT2D eigenvalue weighted by molar-refractivity contribution is 5.77. The van der Waals surface area contributed by atoms with E-state index in [0.717, 1.165) is 30.9 Å². The van der Waals surface area contributed by atoms with Gasteiger partial charge in [-0.25, -0.2) is 0 Å². The molecule has 0 saturated carbocycles. The molecule has 0 radical (unpaired) electrons. The molecule has 1 saturated heterocycles. The number of nitrogens with one attached hydrogen (secondary N) is 1. The van der Waals surface area contributed by atoms with Crippen LogP contribution in [0.1, 0.15) is 19.1 Å². The van der Waals surface area contributed by atoms with Gasteiger partial charge in [-0.1, -0.05) is 18.2 Å². The second-order valence-corrected chi connectivity index (χ2v) is 4.60. The first-order valence-corrected chi connectivity index (χ1v) is 6.15. The molecule has 0 bridgehead atoms. The van der Waals surface area contributed by atoms with Crippen LogP contribution >= 0.6 is 0 Å². The van der Waals surface area contributed by atoms with Crippen LogP contribution in [0.5, 0.6) is 0 Å². The van der Waals surface area contributed by atoms with Crippen molar-refractivity contribution in [2.45, 2.75) is 32.0 Å². The molecule has 2 atom stereocenters. The molecule has 2 heterocycles. The molecule has 0 spiro atoms. The summed E-state index contributed by atoms with van der Waals surface area (Å²) in [6.07, 6.45) is 1.39. The van der Waals surface area contributed by atoms with Crippen molar-refractivity contribution in [3.05, 3.63) is 36.1 Å². The zero-order chi connectivity index (χ0) is 11.7. The van der Waals surface area contributed by atoms with Crippen molar-refractivity contribution < 1.29 is 9.15 Å². The average Bonchev–Trinajstić information content (AvgIpc) is 2.92. The van der Waals surface area contributed by atoms with E-state index in [1.165, 1.54) is 5.39 Å². The smallest absolute Gasteiger partial charge is 0.134 e. The summed E-state index contributed by atoms with van der Waals surface area (Å²) in [6.45, 7) is 3.75. The number of hydrogen-bond acceptors (Lipinski definition) is 3. The molecular formula is C14H17NO2. The number of rotatable bonds is 3. The lowest BCUT2D eigenvalue weighted by Gasteiger charge is -2.14. The maximum Gasteiger partial charge on any atom is 0.134 e. The summed E-state index contributed by atoms with van der Waals surface area (Å²) >= 11 is 0. The molecule has 1 fully saturated rings. The predicted octanol–water partition coefficient (Wildman–Crippen LogP) is 2.70. The Morgan fingerprint density at radius 3 is 3.00 bits per heavy atom. The third kappa shape index (κ3) is 2.21. The van der Waals surface area contributed by atoms with Gasteiger partial charge in [0.25, 0.3) is 0 Å². The second-order valence-electron chi connectivity index (χ2n) is 4.60. The lowest BCUT2D eigenvalue weighted by Crippen LogP contribution is -2.33. The maximum absolute atomic E-state index is 5.76. The molecule has 3 nitrogen and oxygen atoms in total. The van der Waals surface area contributed by atoms with Crippen molar-refractivity contribution in [3.8, 4) is 0 Å². The first-order chi connectivity index (χ1) is 8.33. The largest absolute Gasteiger partial charge is 0.460 e. The predicted molar refractivity (Wildman–Crippen MR) is 66.9 cm³/mol. The van der Waals surface area contributed by atoms with E-state index >= 15 is 0 Å². The van der Waals surface area contributed by atoms with E-state index in [9.17, 15) is 0 Å². The standard InChI is InChI=1S/C14H17NO2/c1-10-13(6-7-16-10)15-9-12-8-11-4-2-3-5-14(11)17-12/h2-5,8,10,13,15H,6-7,9H2,1H3. The van der Waals surface area contributed by atoms with E-state index < -0.39 is 0 Å². The van der Waals surface area contributed by atoms with Gasteiger partial charge in [0.1, 0.15) is 11.3 Å². The Morgan fingerprint density at radius 1 is 1.35 bits per heavy atom. The van der Waals surface area contributed by atoms with Crippen molar-refractivity contribution in [3.63, 3.8) is 0 Å².